The Labute approximate surface area is 159 Å². The molecule has 6 nitrogen and oxygen atoms in total. The number of hydrogen-bond acceptors (Lipinski definition) is 3. The van der Waals surface area contributed by atoms with Gasteiger partial charge in [-0.3, -0.25) is 14.3 Å². The van der Waals surface area contributed by atoms with Crippen molar-refractivity contribution in [2.24, 2.45) is 0 Å². The Hall–Kier alpha value is -2.89. The fourth-order valence-corrected chi connectivity index (χ4v) is 3.43. The Morgan fingerprint density at radius 3 is 2.78 bits per heavy atom. The second-order valence-corrected chi connectivity index (χ2v) is 6.92. The summed E-state index contributed by atoms with van der Waals surface area (Å²) in [6.07, 6.45) is 11.5. The summed E-state index contributed by atoms with van der Waals surface area (Å²) in [6, 6.07) is 7.76. The smallest absolute Gasteiger partial charge is 0.247 e. The molecule has 0 unspecified atom stereocenters. The molecule has 0 bridgehead atoms. The van der Waals surface area contributed by atoms with E-state index in [4.69, 9.17) is 0 Å². The molecule has 0 aliphatic heterocycles. The molecule has 1 fully saturated rings. The van der Waals surface area contributed by atoms with Crippen LogP contribution in [0.1, 0.15) is 49.3 Å². The van der Waals surface area contributed by atoms with E-state index in [0.29, 0.717) is 18.3 Å². The van der Waals surface area contributed by atoms with E-state index in [0.717, 1.165) is 11.1 Å². The fraction of sp³-hybridized carbons (Fsp3) is 0.381. The quantitative estimate of drug-likeness (QED) is 0.738. The average molecular weight is 366 g/mol. The first-order chi connectivity index (χ1) is 13.2. The molecule has 3 rings (SSSR count). The number of carbonyl (C=O) groups excluding carboxylic acids is 2. The van der Waals surface area contributed by atoms with E-state index >= 15 is 0 Å². The highest BCUT2D eigenvalue weighted by Crippen LogP contribution is 2.27. The van der Waals surface area contributed by atoms with Crippen molar-refractivity contribution in [3.63, 3.8) is 0 Å². The van der Waals surface area contributed by atoms with E-state index in [1.165, 1.54) is 38.2 Å². The summed E-state index contributed by atoms with van der Waals surface area (Å²) in [4.78, 5) is 23.9. The summed E-state index contributed by atoms with van der Waals surface area (Å²) >= 11 is 0. The van der Waals surface area contributed by atoms with E-state index < -0.39 is 0 Å². The average Bonchev–Trinajstić information content (AvgIpc) is 3.17. The molecule has 142 valence electrons. The molecule has 27 heavy (non-hydrogen) atoms. The molecule has 1 aliphatic rings. The summed E-state index contributed by atoms with van der Waals surface area (Å²) in [5.74, 6) is -0.390. The van der Waals surface area contributed by atoms with E-state index in [1.807, 2.05) is 35.3 Å². The van der Waals surface area contributed by atoms with Gasteiger partial charge in [0.15, 0.2) is 0 Å². The van der Waals surface area contributed by atoms with Crippen molar-refractivity contribution in [1.82, 2.24) is 15.1 Å². The molecule has 1 aliphatic carbocycles. The minimum Gasteiger partial charge on any atom is -0.352 e. The van der Waals surface area contributed by atoms with Gasteiger partial charge < -0.3 is 10.6 Å². The van der Waals surface area contributed by atoms with Gasteiger partial charge in [-0.05, 0) is 30.5 Å². The second-order valence-electron chi connectivity index (χ2n) is 6.92. The largest absolute Gasteiger partial charge is 0.352 e. The number of benzene rings is 1. The third-order valence-electron chi connectivity index (χ3n) is 4.91. The number of aromatic nitrogens is 2. The number of anilines is 1. The van der Waals surface area contributed by atoms with Gasteiger partial charge in [0.2, 0.25) is 11.8 Å². The lowest BCUT2D eigenvalue weighted by atomic mass is 9.96. The van der Waals surface area contributed by atoms with Gasteiger partial charge in [0, 0.05) is 24.0 Å². The molecule has 2 aromatic rings. The van der Waals surface area contributed by atoms with Crippen LogP contribution in [0.5, 0.6) is 0 Å². The molecule has 1 saturated carbocycles. The highest BCUT2D eigenvalue weighted by atomic mass is 16.2. The number of rotatable bonds is 7. The van der Waals surface area contributed by atoms with Crippen molar-refractivity contribution in [3.05, 3.63) is 60.4 Å². The van der Waals surface area contributed by atoms with Crippen LogP contribution in [0.3, 0.4) is 0 Å². The molecule has 1 aromatic carbocycles. The van der Waals surface area contributed by atoms with Crippen LogP contribution in [0.2, 0.25) is 0 Å². The molecule has 0 saturated heterocycles. The Bertz CT molecular complexity index is 806. The van der Waals surface area contributed by atoms with Crippen molar-refractivity contribution in [2.75, 3.05) is 5.32 Å². The van der Waals surface area contributed by atoms with Gasteiger partial charge in [0.05, 0.1) is 18.7 Å². The minimum atomic E-state index is -0.294. The van der Waals surface area contributed by atoms with Crippen molar-refractivity contribution >= 4 is 17.5 Å². The SMILES string of the molecule is C=CC(=O)Nc1ccccc1CC(=O)NCc1cnn(C2CCCCC2)c1. The van der Waals surface area contributed by atoms with Gasteiger partial charge in [-0.2, -0.15) is 5.10 Å². The van der Waals surface area contributed by atoms with Crippen molar-refractivity contribution in [3.8, 4) is 0 Å². The molecular formula is C21H26N4O2. The molecular weight excluding hydrogens is 340 g/mol. The first-order valence-electron chi connectivity index (χ1n) is 9.47. The number of carbonyl (C=O) groups is 2. The topological polar surface area (TPSA) is 76.0 Å². The second kappa shape index (κ2) is 9.16. The van der Waals surface area contributed by atoms with Gasteiger partial charge in [-0.25, -0.2) is 0 Å². The zero-order chi connectivity index (χ0) is 19.1. The molecule has 2 amide bonds. The molecule has 6 heteroatoms. The summed E-state index contributed by atoms with van der Waals surface area (Å²) < 4.78 is 2.04. The Balaban J connectivity index is 1.54. The monoisotopic (exact) mass is 366 g/mol. The number of nitrogens with zero attached hydrogens (tertiary/aromatic N) is 2. The summed E-state index contributed by atoms with van der Waals surface area (Å²) in [6.45, 7) is 3.90. The van der Waals surface area contributed by atoms with E-state index in [2.05, 4.69) is 22.3 Å². The zero-order valence-corrected chi connectivity index (χ0v) is 15.5. The number of nitrogens with one attached hydrogen (secondary N) is 2. The highest BCUT2D eigenvalue weighted by Gasteiger charge is 2.16. The lowest BCUT2D eigenvalue weighted by Gasteiger charge is -2.21. The van der Waals surface area contributed by atoms with Gasteiger partial charge in [-0.1, -0.05) is 44.0 Å². The highest BCUT2D eigenvalue weighted by molar-refractivity contribution is 5.99. The van der Waals surface area contributed by atoms with Crippen LogP contribution in [0.4, 0.5) is 5.69 Å². The summed E-state index contributed by atoms with van der Waals surface area (Å²) in [5, 5.41) is 10.1. The number of hydrogen-bond donors (Lipinski definition) is 2. The van der Waals surface area contributed by atoms with Crippen molar-refractivity contribution in [1.29, 1.82) is 0 Å². The van der Waals surface area contributed by atoms with Gasteiger partial charge >= 0.3 is 0 Å². The van der Waals surface area contributed by atoms with Crippen molar-refractivity contribution in [2.45, 2.75) is 51.1 Å². The van der Waals surface area contributed by atoms with Crippen LogP contribution in [-0.4, -0.2) is 21.6 Å². The Kier molecular flexibility index (Phi) is 6.41. The van der Waals surface area contributed by atoms with Gasteiger partial charge in [-0.15, -0.1) is 0 Å². The van der Waals surface area contributed by atoms with Gasteiger partial charge in [0.25, 0.3) is 0 Å². The maximum atomic E-state index is 12.3. The van der Waals surface area contributed by atoms with E-state index in [9.17, 15) is 9.59 Å². The number of amides is 2. The summed E-state index contributed by atoms with van der Waals surface area (Å²) in [7, 11) is 0. The van der Waals surface area contributed by atoms with Crippen LogP contribution in [0, 0.1) is 0 Å². The van der Waals surface area contributed by atoms with E-state index in [1.54, 1.807) is 6.07 Å². The van der Waals surface area contributed by atoms with Crippen LogP contribution in [0.25, 0.3) is 0 Å². The normalized spacial score (nSPS) is 14.5. The van der Waals surface area contributed by atoms with Gasteiger partial charge in [0.1, 0.15) is 0 Å². The fourth-order valence-electron chi connectivity index (χ4n) is 3.43. The van der Waals surface area contributed by atoms with Crippen LogP contribution >= 0.6 is 0 Å². The Morgan fingerprint density at radius 2 is 2.00 bits per heavy atom. The van der Waals surface area contributed by atoms with Crippen LogP contribution < -0.4 is 10.6 Å². The standard InChI is InChI=1S/C21H26N4O2/c1-2-20(26)24-19-11-7-6-8-17(19)12-21(27)22-13-16-14-23-25(15-16)18-9-4-3-5-10-18/h2,6-8,11,14-15,18H,1,3-5,9-10,12-13H2,(H,22,27)(H,24,26). The maximum absolute atomic E-state index is 12.3. The van der Waals surface area contributed by atoms with Crippen molar-refractivity contribution < 1.29 is 9.59 Å². The minimum absolute atomic E-state index is 0.0966. The molecule has 1 heterocycles. The first-order valence-corrected chi connectivity index (χ1v) is 9.47. The molecule has 1 aromatic heterocycles. The summed E-state index contributed by atoms with van der Waals surface area (Å²) in [5.41, 5.74) is 2.40. The molecule has 2 N–H and O–H groups in total. The van der Waals surface area contributed by atoms with Crippen LogP contribution in [0.15, 0.2) is 49.3 Å². The predicted molar refractivity (Wildman–Crippen MR) is 105 cm³/mol. The maximum Gasteiger partial charge on any atom is 0.247 e. The van der Waals surface area contributed by atoms with E-state index in [-0.39, 0.29) is 18.2 Å². The molecule has 0 atom stereocenters. The lowest BCUT2D eigenvalue weighted by molar-refractivity contribution is -0.120. The molecule has 0 radical (unpaired) electrons. The third-order valence-corrected chi connectivity index (χ3v) is 4.91. The predicted octanol–water partition coefficient (Wildman–Crippen LogP) is 3.37. The van der Waals surface area contributed by atoms with Crippen LogP contribution in [-0.2, 0) is 22.6 Å². The zero-order valence-electron chi connectivity index (χ0n) is 15.5. The first kappa shape index (κ1) is 18.9. The number of para-hydroxylation sites is 1. The molecule has 0 spiro atoms. The Morgan fingerprint density at radius 1 is 1.22 bits per heavy atom. The third kappa shape index (κ3) is 5.29. The lowest BCUT2D eigenvalue weighted by Crippen LogP contribution is -2.25.